The number of carboxylic acids is 1. The third-order valence-corrected chi connectivity index (χ3v) is 1.81. The summed E-state index contributed by atoms with van der Waals surface area (Å²) in [6.07, 6.45) is -0.0790. The number of carbonyl (C=O) groups is 1. The molecule has 11 heavy (non-hydrogen) atoms. The van der Waals surface area contributed by atoms with E-state index in [1.807, 2.05) is 6.92 Å². The van der Waals surface area contributed by atoms with Crippen molar-refractivity contribution >= 4 is 68.7 Å². The van der Waals surface area contributed by atoms with Crippen molar-refractivity contribution < 1.29 is 9.90 Å². The molecule has 0 aliphatic rings. The van der Waals surface area contributed by atoms with Crippen molar-refractivity contribution in [2.24, 2.45) is 0 Å². The van der Waals surface area contributed by atoms with Gasteiger partial charge in [0.2, 0.25) is 0 Å². The van der Waals surface area contributed by atoms with Gasteiger partial charge in [-0.3, -0.25) is 0 Å². The summed E-state index contributed by atoms with van der Waals surface area (Å²) in [5, 5.41) is 12.6. The summed E-state index contributed by atoms with van der Waals surface area (Å²) < 4.78 is 0. The molecule has 5 heteroatoms. The molecule has 0 fully saturated rings. The van der Waals surface area contributed by atoms with E-state index >= 15 is 0 Å². The fourth-order valence-corrected chi connectivity index (χ4v) is 1.25. The summed E-state index contributed by atoms with van der Waals surface area (Å²) in [6.45, 7) is 1.84. The normalized spacial score (nSPS) is 8.82. The number of aromatic nitrogens is 1. The first-order chi connectivity index (χ1) is 4.68. The third-order valence-electron chi connectivity index (χ3n) is 0.992. The Labute approximate surface area is 111 Å². The van der Waals surface area contributed by atoms with Crippen LogP contribution in [0.5, 0.6) is 0 Å². The van der Waals surface area contributed by atoms with Crippen LogP contribution >= 0.6 is 11.3 Å². The first-order valence-electron chi connectivity index (χ1n) is 2.79. The summed E-state index contributed by atoms with van der Waals surface area (Å²) in [4.78, 5) is 14.0. The van der Waals surface area contributed by atoms with Crippen molar-refractivity contribution in [3.63, 3.8) is 0 Å². The van der Waals surface area contributed by atoms with E-state index in [0.717, 1.165) is 5.01 Å². The molecule has 0 spiro atoms. The Balaban J connectivity index is 0.000001000. The molecule has 1 aromatic rings. The molecule has 0 unspecified atom stereocenters. The zero-order chi connectivity index (χ0) is 7.56. The van der Waals surface area contributed by atoms with Gasteiger partial charge in [0.15, 0.2) is 0 Å². The summed E-state index contributed by atoms with van der Waals surface area (Å²) in [6, 6.07) is 0. The van der Waals surface area contributed by atoms with Crippen LogP contribution in [0, 0.1) is 6.92 Å². The molecule has 0 aliphatic heterocycles. The number of hydrogen-bond donors (Lipinski definition) is 0. The molecule has 0 atom stereocenters. The monoisotopic (exact) mass is 195 g/mol. The Kier molecular flexibility index (Phi) is 5.76. The predicted molar refractivity (Wildman–Crippen MR) is 41.3 cm³/mol. The van der Waals surface area contributed by atoms with Crippen molar-refractivity contribution in [2.45, 2.75) is 13.3 Å². The number of carbonyl (C=O) groups excluding carboxylic acids is 1. The second-order valence-corrected chi connectivity index (χ2v) is 2.97. The van der Waals surface area contributed by atoms with E-state index in [9.17, 15) is 9.90 Å². The van der Waals surface area contributed by atoms with Gasteiger partial charge in [0.1, 0.15) is 0 Å². The van der Waals surface area contributed by atoms with Crippen LogP contribution in [0.25, 0.3) is 0 Å². The maximum absolute atomic E-state index is 10.0. The van der Waals surface area contributed by atoms with Crippen LogP contribution in [0.4, 0.5) is 0 Å². The van der Waals surface area contributed by atoms with E-state index in [2.05, 4.69) is 4.98 Å². The second kappa shape index (κ2) is 5.39. The smallest absolute Gasteiger partial charge is 0.0897 e. The topological polar surface area (TPSA) is 53.0 Å². The van der Waals surface area contributed by atoms with Crippen LogP contribution in [-0.2, 0) is 11.2 Å². The second-order valence-electron chi connectivity index (χ2n) is 1.91. The summed E-state index contributed by atoms with van der Waals surface area (Å²) >= 11 is 1.44. The van der Waals surface area contributed by atoms with Gasteiger partial charge >= 0.3 is 0 Å². The number of rotatable bonds is 2. The Morgan fingerprint density at radius 1 is 1.82 bits per heavy atom. The molecule has 1 rings (SSSR count). The Hall–Kier alpha value is 0.736. The van der Waals surface area contributed by atoms with E-state index in [1.165, 1.54) is 11.3 Å². The molecule has 3 nitrogen and oxygen atoms in total. The molecule has 0 N–H and O–H groups in total. The summed E-state index contributed by atoms with van der Waals surface area (Å²) in [5.41, 5.74) is 0.586. The number of thiazole rings is 1. The molecule has 0 amide bonds. The average molecular weight is 195 g/mol. The van der Waals surface area contributed by atoms with Gasteiger partial charge in [0, 0.05) is 69.2 Å². The van der Waals surface area contributed by atoms with Crippen LogP contribution in [0.2, 0.25) is 0 Å². The van der Waals surface area contributed by atoms with E-state index in [4.69, 9.17) is 0 Å². The predicted octanol–water partition coefficient (Wildman–Crippen LogP) is -0.637. The van der Waals surface area contributed by atoms with Crippen LogP contribution in [0.1, 0.15) is 10.7 Å². The zero-order valence-electron chi connectivity index (χ0n) is 6.46. The molecular weight excluding hydrogens is 189 g/mol. The molecule has 1 aromatic heterocycles. The molecule has 1 radical (unpaired) electrons. The van der Waals surface area contributed by atoms with E-state index < -0.39 is 5.97 Å². The van der Waals surface area contributed by atoms with Gasteiger partial charge in [-0.15, -0.1) is 11.3 Å². The van der Waals surface area contributed by atoms with E-state index in [1.54, 1.807) is 5.38 Å². The van der Waals surface area contributed by atoms with Gasteiger partial charge in [-0.1, -0.05) is 0 Å². The van der Waals surface area contributed by atoms with Crippen molar-refractivity contribution in [2.75, 3.05) is 0 Å². The van der Waals surface area contributed by atoms with Crippen molar-refractivity contribution in [1.29, 1.82) is 0 Å². The molecule has 55 valence electrons. The van der Waals surface area contributed by atoms with Gasteiger partial charge in [-0.25, -0.2) is 4.98 Å². The van der Waals surface area contributed by atoms with Gasteiger partial charge in [0.25, 0.3) is 0 Å². The van der Waals surface area contributed by atoms with E-state index in [-0.39, 0.29) is 57.8 Å². The number of carboxylic acid groups (broad SMARTS) is 1. The van der Waals surface area contributed by atoms with Crippen molar-refractivity contribution in [1.82, 2.24) is 4.98 Å². The largest absolute Gasteiger partial charge is 0.550 e. The molecule has 0 bridgehead atoms. The third kappa shape index (κ3) is 4.34. The minimum atomic E-state index is -1.08. The quantitative estimate of drug-likeness (QED) is 0.590. The van der Waals surface area contributed by atoms with Crippen LogP contribution < -0.4 is 5.11 Å². The summed E-state index contributed by atoms with van der Waals surface area (Å²) in [7, 11) is 0. The minimum Gasteiger partial charge on any atom is -0.550 e. The number of aryl methyl sites for hydroxylation is 1. The zero-order valence-corrected chi connectivity index (χ0v) is 10.4. The van der Waals surface area contributed by atoms with Crippen LogP contribution in [0.3, 0.4) is 0 Å². The number of hydrogen-bond acceptors (Lipinski definition) is 4. The van der Waals surface area contributed by atoms with Gasteiger partial charge < -0.3 is 9.90 Å². The molecule has 0 aromatic carbocycles. The molecule has 0 saturated carbocycles. The van der Waals surface area contributed by atoms with Gasteiger partial charge in [-0.05, 0) is 6.92 Å². The summed E-state index contributed by atoms with van der Waals surface area (Å²) in [5.74, 6) is -1.08. The Bertz CT molecular complexity index is 248. The van der Waals surface area contributed by atoms with Crippen molar-refractivity contribution in [3.8, 4) is 0 Å². The molecule has 0 saturated heterocycles. The maximum Gasteiger partial charge on any atom is 0.0897 e. The molecule has 1 heterocycles. The first-order valence-corrected chi connectivity index (χ1v) is 3.67. The number of aliphatic carboxylic acids is 1. The Morgan fingerprint density at radius 2 is 2.45 bits per heavy atom. The van der Waals surface area contributed by atoms with Crippen LogP contribution in [0.15, 0.2) is 5.38 Å². The standard InChI is InChI=1S/C6H7NO2S.K/c1-4-7-5(3-10-4)2-6(8)9;/h3H,2H2,1H3,(H,8,9);/p-1. The fraction of sp³-hybridized carbons (Fsp3) is 0.333. The van der Waals surface area contributed by atoms with E-state index in [0.29, 0.717) is 5.69 Å². The number of nitrogens with zero attached hydrogens (tertiary/aromatic N) is 1. The Morgan fingerprint density at radius 3 is 2.82 bits per heavy atom. The average Bonchev–Trinajstić information content (AvgIpc) is 2.13. The maximum atomic E-state index is 10.0. The fourth-order valence-electron chi connectivity index (χ4n) is 0.637. The minimum absolute atomic E-state index is 0. The van der Waals surface area contributed by atoms with Gasteiger partial charge in [0.05, 0.1) is 10.7 Å². The van der Waals surface area contributed by atoms with Gasteiger partial charge in [-0.2, -0.15) is 0 Å². The molecular formula is C6H6KNO2S-. The van der Waals surface area contributed by atoms with Crippen LogP contribution in [-0.4, -0.2) is 62.3 Å². The van der Waals surface area contributed by atoms with Crippen molar-refractivity contribution in [3.05, 3.63) is 16.1 Å². The first kappa shape index (κ1) is 11.7. The molecule has 0 aliphatic carbocycles. The SMILES string of the molecule is Cc1nc(CC(=O)[O-])cs1.[K].